The topological polar surface area (TPSA) is 119 Å². The number of hydrogen-bond acceptors (Lipinski definition) is 6. The predicted octanol–water partition coefficient (Wildman–Crippen LogP) is 15.8. The van der Waals surface area contributed by atoms with Crippen molar-refractivity contribution in [2.24, 2.45) is 0 Å². The zero-order valence-corrected chi connectivity index (χ0v) is 39.1. The number of phosphoric acid groups is 1. The predicted molar refractivity (Wildman–Crippen MR) is 244 cm³/mol. The average Bonchev–Trinajstić information content (AvgIpc) is 3.20. The highest BCUT2D eigenvalue weighted by Crippen LogP contribution is 2.36. The molecule has 9 heteroatoms. The summed E-state index contributed by atoms with van der Waals surface area (Å²) in [5.74, 6) is -0.872. The van der Waals surface area contributed by atoms with Crippen molar-refractivity contribution >= 4 is 19.8 Å². The highest BCUT2D eigenvalue weighted by atomic mass is 31.2. The van der Waals surface area contributed by atoms with Crippen molar-refractivity contribution in [2.75, 3.05) is 13.2 Å². The summed E-state index contributed by atoms with van der Waals surface area (Å²) in [5, 5.41) is 0. The van der Waals surface area contributed by atoms with Crippen molar-refractivity contribution in [3.05, 3.63) is 12.2 Å². The second-order valence-electron chi connectivity index (χ2n) is 17.2. The quantitative estimate of drug-likeness (QED) is 0.0269. The van der Waals surface area contributed by atoms with E-state index in [1.54, 1.807) is 0 Å². The van der Waals surface area contributed by atoms with Gasteiger partial charge in [0.05, 0.1) is 6.61 Å². The maximum absolute atomic E-state index is 12.5. The van der Waals surface area contributed by atoms with Crippen LogP contribution in [0.3, 0.4) is 0 Å². The zero-order chi connectivity index (χ0) is 42.5. The molecule has 1 atom stereocenters. The number of ether oxygens (including phenoxy) is 2. The third kappa shape index (κ3) is 47.5. The fraction of sp³-hybridized carbons (Fsp3) is 0.918. The number of hydrogen-bond donors (Lipinski definition) is 2. The SMILES string of the molecule is CCCCCCCC/C=C/CCCCCCCCCC(=O)OC[C@H](COP(=O)(O)O)OC(=O)CCCCCCCCCCCCCCCCCCCCCCCCC. The Morgan fingerprint density at radius 2 is 0.724 bits per heavy atom. The van der Waals surface area contributed by atoms with Crippen LogP contribution in [-0.4, -0.2) is 41.0 Å². The van der Waals surface area contributed by atoms with Crippen LogP contribution in [0.2, 0.25) is 0 Å². The standard InChI is InChI=1S/C49H95O8P/c1-3-5-7-9-11-13-15-17-19-21-22-23-24-25-26-28-30-32-34-36-38-40-42-44-49(51)57-47(46-56-58(52,53)54)45-55-48(50)43-41-39-37-35-33-31-29-27-20-18-16-14-12-10-8-6-4-2/h18,20,47H,3-17,19,21-46H2,1-2H3,(H2,52,53,54)/b20-18+/t47-/m1/s1. The molecule has 8 nitrogen and oxygen atoms in total. The highest BCUT2D eigenvalue weighted by Gasteiger charge is 2.23. The fourth-order valence-corrected chi connectivity index (χ4v) is 7.91. The second kappa shape index (κ2) is 45.3. The Bertz CT molecular complexity index is 951. The van der Waals surface area contributed by atoms with Crippen LogP contribution in [-0.2, 0) is 28.2 Å². The second-order valence-corrected chi connectivity index (χ2v) is 18.4. The molecule has 0 unspecified atom stereocenters. The molecule has 0 aromatic heterocycles. The third-order valence-electron chi connectivity index (χ3n) is 11.3. The van der Waals surface area contributed by atoms with Crippen LogP contribution in [0, 0.1) is 0 Å². The molecular formula is C49H95O8P. The molecule has 344 valence electrons. The van der Waals surface area contributed by atoms with Crippen molar-refractivity contribution in [3.63, 3.8) is 0 Å². The van der Waals surface area contributed by atoms with E-state index in [4.69, 9.17) is 19.3 Å². The number of rotatable bonds is 47. The normalized spacial score (nSPS) is 12.4. The van der Waals surface area contributed by atoms with Crippen molar-refractivity contribution in [2.45, 2.75) is 277 Å². The van der Waals surface area contributed by atoms with Crippen LogP contribution >= 0.6 is 7.82 Å². The first-order valence-electron chi connectivity index (χ1n) is 25.0. The number of phosphoric ester groups is 1. The first kappa shape index (κ1) is 56.8. The molecule has 2 N–H and O–H groups in total. The fourth-order valence-electron chi connectivity index (χ4n) is 7.55. The van der Waals surface area contributed by atoms with E-state index in [0.717, 1.165) is 44.9 Å². The lowest BCUT2D eigenvalue weighted by molar-refractivity contribution is -0.161. The third-order valence-corrected chi connectivity index (χ3v) is 11.8. The van der Waals surface area contributed by atoms with Gasteiger partial charge in [-0.3, -0.25) is 14.1 Å². The van der Waals surface area contributed by atoms with Gasteiger partial charge in [-0.2, -0.15) is 0 Å². The number of carbonyl (C=O) groups excluding carboxylic acids is 2. The van der Waals surface area contributed by atoms with E-state index in [9.17, 15) is 14.2 Å². The van der Waals surface area contributed by atoms with Crippen LogP contribution in [0.5, 0.6) is 0 Å². The van der Waals surface area contributed by atoms with Crippen molar-refractivity contribution in [3.8, 4) is 0 Å². The molecule has 0 rings (SSSR count). The lowest BCUT2D eigenvalue weighted by atomic mass is 10.0. The first-order valence-corrected chi connectivity index (χ1v) is 26.5. The molecule has 0 aliphatic heterocycles. The van der Waals surface area contributed by atoms with E-state index in [-0.39, 0.29) is 19.4 Å². The molecular weight excluding hydrogens is 748 g/mol. The smallest absolute Gasteiger partial charge is 0.462 e. The summed E-state index contributed by atoms with van der Waals surface area (Å²) in [6.45, 7) is 3.73. The van der Waals surface area contributed by atoms with Gasteiger partial charge in [0.1, 0.15) is 6.61 Å². The Morgan fingerprint density at radius 1 is 0.431 bits per heavy atom. The Balaban J connectivity index is 3.78. The van der Waals surface area contributed by atoms with Crippen LogP contribution in [0.15, 0.2) is 12.2 Å². The highest BCUT2D eigenvalue weighted by molar-refractivity contribution is 7.46. The van der Waals surface area contributed by atoms with Crippen LogP contribution in [0.25, 0.3) is 0 Å². The van der Waals surface area contributed by atoms with E-state index in [0.29, 0.717) is 6.42 Å². The summed E-state index contributed by atoms with van der Waals surface area (Å²) in [6, 6.07) is 0. The van der Waals surface area contributed by atoms with Gasteiger partial charge in [-0.25, -0.2) is 4.57 Å². The monoisotopic (exact) mass is 843 g/mol. The number of allylic oxidation sites excluding steroid dienone is 2. The molecule has 0 aromatic rings. The lowest BCUT2D eigenvalue weighted by Gasteiger charge is -2.18. The zero-order valence-electron chi connectivity index (χ0n) is 38.2. The summed E-state index contributed by atoms with van der Waals surface area (Å²) in [4.78, 5) is 43.0. The van der Waals surface area contributed by atoms with Crippen LogP contribution in [0.1, 0.15) is 271 Å². The molecule has 0 spiro atoms. The summed E-state index contributed by atoms with van der Waals surface area (Å²) in [7, 11) is -4.75. The summed E-state index contributed by atoms with van der Waals surface area (Å²) >= 11 is 0. The van der Waals surface area contributed by atoms with E-state index in [1.807, 2.05) is 0 Å². The van der Waals surface area contributed by atoms with E-state index in [1.165, 1.54) is 193 Å². The van der Waals surface area contributed by atoms with Gasteiger partial charge in [-0.1, -0.05) is 231 Å². The van der Waals surface area contributed by atoms with Crippen molar-refractivity contribution < 1.29 is 37.9 Å². The number of unbranched alkanes of at least 4 members (excludes halogenated alkanes) is 35. The minimum Gasteiger partial charge on any atom is -0.462 e. The Morgan fingerprint density at radius 3 is 1.05 bits per heavy atom. The van der Waals surface area contributed by atoms with Gasteiger partial charge in [-0.05, 0) is 38.5 Å². The molecule has 0 bridgehead atoms. The van der Waals surface area contributed by atoms with Gasteiger partial charge < -0.3 is 19.3 Å². The molecule has 0 aliphatic rings. The van der Waals surface area contributed by atoms with E-state index < -0.39 is 32.5 Å². The molecule has 0 amide bonds. The number of carbonyl (C=O) groups is 2. The molecule has 0 aliphatic carbocycles. The largest absolute Gasteiger partial charge is 0.469 e. The van der Waals surface area contributed by atoms with Crippen molar-refractivity contribution in [1.82, 2.24) is 0 Å². The maximum atomic E-state index is 12.5. The minimum atomic E-state index is -4.75. The Kier molecular flexibility index (Phi) is 44.4. The molecule has 0 radical (unpaired) electrons. The first-order chi connectivity index (χ1) is 28.3. The molecule has 0 heterocycles. The van der Waals surface area contributed by atoms with Crippen LogP contribution < -0.4 is 0 Å². The maximum Gasteiger partial charge on any atom is 0.469 e. The van der Waals surface area contributed by atoms with Gasteiger partial charge in [0, 0.05) is 12.8 Å². The molecule has 0 fully saturated rings. The Hall–Kier alpha value is -1.21. The van der Waals surface area contributed by atoms with Crippen LogP contribution in [0.4, 0.5) is 0 Å². The minimum absolute atomic E-state index is 0.218. The Labute approximate surface area is 358 Å². The summed E-state index contributed by atoms with van der Waals surface area (Å²) < 4.78 is 26.5. The van der Waals surface area contributed by atoms with Crippen molar-refractivity contribution in [1.29, 1.82) is 0 Å². The van der Waals surface area contributed by atoms with Gasteiger partial charge >= 0.3 is 19.8 Å². The lowest BCUT2D eigenvalue weighted by Crippen LogP contribution is -2.29. The molecule has 0 saturated heterocycles. The molecule has 0 aromatic carbocycles. The van der Waals surface area contributed by atoms with Gasteiger partial charge in [-0.15, -0.1) is 0 Å². The number of esters is 2. The molecule has 58 heavy (non-hydrogen) atoms. The summed E-state index contributed by atoms with van der Waals surface area (Å²) in [6.07, 6.45) is 52.3. The van der Waals surface area contributed by atoms with E-state index >= 15 is 0 Å². The molecule has 0 saturated carbocycles. The summed E-state index contributed by atoms with van der Waals surface area (Å²) in [5.41, 5.74) is 0. The van der Waals surface area contributed by atoms with Gasteiger partial charge in [0.15, 0.2) is 6.10 Å². The van der Waals surface area contributed by atoms with Gasteiger partial charge in [0.2, 0.25) is 0 Å². The van der Waals surface area contributed by atoms with E-state index in [2.05, 4.69) is 30.5 Å². The average molecular weight is 843 g/mol. The van der Waals surface area contributed by atoms with Gasteiger partial charge in [0.25, 0.3) is 0 Å².